The van der Waals surface area contributed by atoms with Crippen molar-refractivity contribution in [1.82, 2.24) is 5.32 Å². The Morgan fingerprint density at radius 3 is 2.29 bits per heavy atom. The molecule has 1 rings (SSSR count). The summed E-state index contributed by atoms with van der Waals surface area (Å²) in [7, 11) is -3.36. The van der Waals surface area contributed by atoms with E-state index in [0.717, 1.165) is 6.26 Å². The van der Waals surface area contributed by atoms with Crippen molar-refractivity contribution in [3.05, 3.63) is 29.8 Å². The second-order valence-electron chi connectivity index (χ2n) is 4.40. The van der Waals surface area contributed by atoms with Crippen molar-refractivity contribution in [2.24, 2.45) is 0 Å². The Hall–Kier alpha value is -2.09. The zero-order valence-corrected chi connectivity index (χ0v) is 12.9. The van der Waals surface area contributed by atoms with Gasteiger partial charge in [-0.05, 0) is 38.1 Å². The first-order valence-corrected chi connectivity index (χ1v) is 8.17. The van der Waals surface area contributed by atoms with Gasteiger partial charge in [0.25, 0.3) is 5.91 Å². The molecule has 0 aromatic heterocycles. The van der Waals surface area contributed by atoms with Crippen LogP contribution >= 0.6 is 0 Å². The topological polar surface area (TPSA) is 102 Å². The fourth-order valence-electron chi connectivity index (χ4n) is 1.51. The van der Waals surface area contributed by atoms with Crippen LogP contribution in [-0.4, -0.2) is 39.2 Å². The number of hydrogen-bond donors (Lipinski definition) is 2. The van der Waals surface area contributed by atoms with Crippen molar-refractivity contribution < 1.29 is 22.7 Å². The van der Waals surface area contributed by atoms with E-state index in [-0.39, 0.29) is 6.61 Å². The first-order chi connectivity index (χ1) is 9.73. The minimum atomic E-state index is -3.36. The summed E-state index contributed by atoms with van der Waals surface area (Å²) in [5.74, 6) is -0.956. The van der Waals surface area contributed by atoms with Crippen molar-refractivity contribution in [3.8, 4) is 0 Å². The normalized spacial score (nSPS) is 12.3. The molecule has 21 heavy (non-hydrogen) atoms. The Balaban J connectivity index is 2.69. The third-order valence-corrected chi connectivity index (χ3v) is 3.04. The fraction of sp³-hybridized carbons (Fsp3) is 0.385. The van der Waals surface area contributed by atoms with E-state index in [1.807, 2.05) is 0 Å². The highest BCUT2D eigenvalue weighted by atomic mass is 32.2. The van der Waals surface area contributed by atoms with Crippen LogP contribution in [-0.2, 0) is 19.6 Å². The predicted octanol–water partition coefficient (Wildman–Crippen LogP) is 0.739. The van der Waals surface area contributed by atoms with Crippen LogP contribution in [0.1, 0.15) is 24.2 Å². The van der Waals surface area contributed by atoms with Gasteiger partial charge in [-0.2, -0.15) is 0 Å². The summed E-state index contributed by atoms with van der Waals surface area (Å²) in [6, 6.07) is 5.09. The lowest BCUT2D eigenvalue weighted by Gasteiger charge is -2.12. The first-order valence-electron chi connectivity index (χ1n) is 6.28. The quantitative estimate of drug-likeness (QED) is 0.754. The van der Waals surface area contributed by atoms with Gasteiger partial charge in [-0.1, -0.05) is 0 Å². The number of anilines is 1. The Bertz CT molecular complexity index is 610. The molecule has 0 aliphatic carbocycles. The summed E-state index contributed by atoms with van der Waals surface area (Å²) < 4.78 is 29.2. The molecule has 0 saturated heterocycles. The molecule has 1 aromatic carbocycles. The van der Waals surface area contributed by atoms with Crippen LogP contribution in [0.15, 0.2) is 24.3 Å². The molecule has 8 heteroatoms. The van der Waals surface area contributed by atoms with E-state index in [9.17, 15) is 18.0 Å². The van der Waals surface area contributed by atoms with Crippen LogP contribution in [0.3, 0.4) is 0 Å². The van der Waals surface area contributed by atoms with E-state index in [1.165, 1.54) is 31.2 Å². The molecule has 2 N–H and O–H groups in total. The number of benzene rings is 1. The molecule has 0 heterocycles. The van der Waals surface area contributed by atoms with Gasteiger partial charge in [0.15, 0.2) is 0 Å². The van der Waals surface area contributed by atoms with Gasteiger partial charge in [0.1, 0.15) is 6.04 Å². The zero-order valence-electron chi connectivity index (χ0n) is 12.0. The molecule has 1 amide bonds. The minimum absolute atomic E-state index is 0.241. The van der Waals surface area contributed by atoms with Crippen LogP contribution in [0, 0.1) is 0 Å². The van der Waals surface area contributed by atoms with Crippen LogP contribution in [0.2, 0.25) is 0 Å². The third-order valence-electron chi connectivity index (χ3n) is 2.44. The van der Waals surface area contributed by atoms with Gasteiger partial charge in [-0.15, -0.1) is 0 Å². The highest BCUT2D eigenvalue weighted by molar-refractivity contribution is 7.92. The number of esters is 1. The predicted molar refractivity (Wildman–Crippen MR) is 78.5 cm³/mol. The number of carbonyl (C=O) groups excluding carboxylic acids is 2. The number of nitrogens with one attached hydrogen (secondary N) is 2. The highest BCUT2D eigenvalue weighted by Crippen LogP contribution is 2.11. The molecule has 1 atom stereocenters. The van der Waals surface area contributed by atoms with Crippen LogP contribution in [0.4, 0.5) is 5.69 Å². The Labute approximate surface area is 123 Å². The Kier molecular flexibility index (Phi) is 5.71. The second kappa shape index (κ2) is 7.07. The Morgan fingerprint density at radius 1 is 1.24 bits per heavy atom. The zero-order chi connectivity index (χ0) is 16.0. The Morgan fingerprint density at radius 2 is 1.81 bits per heavy atom. The summed E-state index contributed by atoms with van der Waals surface area (Å²) >= 11 is 0. The smallest absolute Gasteiger partial charge is 0.328 e. The molecule has 1 unspecified atom stereocenters. The van der Waals surface area contributed by atoms with Crippen molar-refractivity contribution in [2.45, 2.75) is 19.9 Å². The lowest BCUT2D eigenvalue weighted by atomic mass is 10.2. The third kappa shape index (κ3) is 5.82. The molecule has 116 valence electrons. The molecule has 0 radical (unpaired) electrons. The average molecular weight is 314 g/mol. The SMILES string of the molecule is CCOC(=O)C(C)NC(=O)c1ccc(NS(C)(=O)=O)cc1. The van der Waals surface area contributed by atoms with E-state index in [4.69, 9.17) is 4.74 Å². The lowest BCUT2D eigenvalue weighted by molar-refractivity contribution is -0.144. The van der Waals surface area contributed by atoms with Crippen LogP contribution in [0.25, 0.3) is 0 Å². The monoisotopic (exact) mass is 314 g/mol. The molecule has 7 nitrogen and oxygen atoms in total. The van der Waals surface area contributed by atoms with Gasteiger partial charge in [-0.25, -0.2) is 13.2 Å². The van der Waals surface area contributed by atoms with E-state index in [1.54, 1.807) is 6.92 Å². The van der Waals surface area contributed by atoms with Gasteiger partial charge >= 0.3 is 5.97 Å². The number of rotatable bonds is 6. The molecule has 0 fully saturated rings. The van der Waals surface area contributed by atoms with Crippen LogP contribution in [0.5, 0.6) is 0 Å². The maximum atomic E-state index is 11.9. The van der Waals surface area contributed by atoms with E-state index >= 15 is 0 Å². The molecule has 1 aromatic rings. The summed E-state index contributed by atoms with van der Waals surface area (Å²) in [4.78, 5) is 23.3. The van der Waals surface area contributed by atoms with Crippen molar-refractivity contribution in [2.75, 3.05) is 17.6 Å². The molecule has 0 saturated carbocycles. The van der Waals surface area contributed by atoms with Crippen molar-refractivity contribution in [3.63, 3.8) is 0 Å². The standard InChI is InChI=1S/C13H18N2O5S/c1-4-20-13(17)9(2)14-12(16)10-5-7-11(8-6-10)15-21(3,18)19/h5-9,15H,4H2,1-3H3,(H,14,16). The molecule has 0 aliphatic heterocycles. The number of hydrogen-bond acceptors (Lipinski definition) is 5. The fourth-order valence-corrected chi connectivity index (χ4v) is 2.07. The minimum Gasteiger partial charge on any atom is -0.464 e. The molecular formula is C13H18N2O5S. The van der Waals surface area contributed by atoms with Crippen LogP contribution < -0.4 is 10.0 Å². The van der Waals surface area contributed by atoms with Gasteiger partial charge < -0.3 is 10.1 Å². The second-order valence-corrected chi connectivity index (χ2v) is 6.15. The number of amides is 1. The molecule has 0 bridgehead atoms. The summed E-state index contributed by atoms with van der Waals surface area (Å²) in [5.41, 5.74) is 0.665. The summed E-state index contributed by atoms with van der Waals surface area (Å²) in [6.45, 7) is 3.44. The summed E-state index contributed by atoms with van der Waals surface area (Å²) in [6.07, 6.45) is 1.04. The first kappa shape index (κ1) is 17.0. The number of ether oxygens (including phenoxy) is 1. The lowest BCUT2D eigenvalue weighted by Crippen LogP contribution is -2.39. The molecule has 0 aliphatic rings. The van der Waals surface area contributed by atoms with Crippen molar-refractivity contribution in [1.29, 1.82) is 0 Å². The number of sulfonamides is 1. The average Bonchev–Trinajstić information content (AvgIpc) is 2.37. The van der Waals surface area contributed by atoms with E-state index in [2.05, 4.69) is 10.0 Å². The summed E-state index contributed by atoms with van der Waals surface area (Å²) in [5, 5.41) is 2.50. The van der Waals surface area contributed by atoms with Crippen molar-refractivity contribution >= 4 is 27.6 Å². The van der Waals surface area contributed by atoms with Gasteiger partial charge in [-0.3, -0.25) is 9.52 Å². The van der Waals surface area contributed by atoms with Gasteiger partial charge in [0, 0.05) is 11.3 Å². The highest BCUT2D eigenvalue weighted by Gasteiger charge is 2.17. The van der Waals surface area contributed by atoms with E-state index in [0.29, 0.717) is 11.3 Å². The molecular weight excluding hydrogens is 296 g/mol. The van der Waals surface area contributed by atoms with E-state index < -0.39 is 27.9 Å². The molecule has 0 spiro atoms. The van der Waals surface area contributed by atoms with Gasteiger partial charge in [0.05, 0.1) is 12.9 Å². The van der Waals surface area contributed by atoms with Gasteiger partial charge in [0.2, 0.25) is 10.0 Å². The number of carbonyl (C=O) groups is 2. The maximum Gasteiger partial charge on any atom is 0.328 e. The maximum absolute atomic E-state index is 11.9. The largest absolute Gasteiger partial charge is 0.464 e.